The summed E-state index contributed by atoms with van der Waals surface area (Å²) in [6.07, 6.45) is -4.50. The van der Waals surface area contributed by atoms with E-state index in [0.29, 0.717) is 54.2 Å². The maximum Gasteiger partial charge on any atom is 0.418 e. The van der Waals surface area contributed by atoms with Crippen LogP contribution >= 0.6 is 0 Å². The monoisotopic (exact) mass is 541 g/mol. The minimum Gasteiger partial charge on any atom is -0.497 e. The Morgan fingerprint density at radius 3 is 2.44 bits per heavy atom. The molecule has 1 aromatic heterocycles. The normalized spacial score (nSPS) is 16.8. The van der Waals surface area contributed by atoms with Crippen molar-refractivity contribution in [3.63, 3.8) is 0 Å². The molecule has 2 aromatic carbocycles. The maximum absolute atomic E-state index is 14.2. The standard InChI is InChI=1S/C27H26F3N5O4/c1-38-19-11-16(12-20(14-19)39-2)24-21-6-9-33(10-7-31)25(21)26(37)35(32-24)23-13-17(34-8-5-18(36)15-34)3-4-22(23)27(28,29)30/h3-4,11-14,18,36H,5-6,8-10,15H2,1-2H3/t18-/m0/s1. The molecule has 3 heterocycles. The molecule has 2 aliphatic rings. The van der Waals surface area contributed by atoms with Gasteiger partial charge < -0.3 is 24.4 Å². The number of nitriles is 1. The molecule has 0 saturated carbocycles. The molecule has 1 fully saturated rings. The molecule has 39 heavy (non-hydrogen) atoms. The number of aromatic nitrogens is 2. The third-order valence-electron chi connectivity index (χ3n) is 7.04. The molecule has 0 bridgehead atoms. The van der Waals surface area contributed by atoms with Crippen LogP contribution in [0.4, 0.5) is 24.5 Å². The molecular weight excluding hydrogens is 515 g/mol. The van der Waals surface area contributed by atoms with Crippen LogP contribution in [0, 0.1) is 11.3 Å². The van der Waals surface area contributed by atoms with Gasteiger partial charge >= 0.3 is 6.18 Å². The summed E-state index contributed by atoms with van der Waals surface area (Å²) in [6, 6.07) is 10.5. The van der Waals surface area contributed by atoms with Gasteiger partial charge in [0.25, 0.3) is 5.56 Å². The van der Waals surface area contributed by atoms with Crippen molar-refractivity contribution >= 4 is 11.4 Å². The smallest absolute Gasteiger partial charge is 0.418 e. The number of alkyl halides is 3. The second kappa shape index (κ2) is 10.1. The van der Waals surface area contributed by atoms with Crippen molar-refractivity contribution in [3.8, 4) is 34.5 Å². The minimum atomic E-state index is -4.77. The molecule has 1 atom stereocenters. The molecule has 2 aliphatic heterocycles. The van der Waals surface area contributed by atoms with E-state index in [9.17, 15) is 28.3 Å². The maximum atomic E-state index is 14.2. The van der Waals surface area contributed by atoms with E-state index in [2.05, 4.69) is 5.10 Å². The molecule has 3 aromatic rings. The number of β-amino-alcohol motifs (C(OH)–C–C–N with tert-alkyl or cyclic N) is 1. The molecule has 5 rings (SSSR count). The number of hydrogen-bond donors (Lipinski definition) is 1. The van der Waals surface area contributed by atoms with E-state index in [-0.39, 0.29) is 24.5 Å². The first-order chi connectivity index (χ1) is 18.6. The molecular formula is C27H26F3N5O4. The fourth-order valence-electron chi connectivity index (χ4n) is 5.16. The quantitative estimate of drug-likeness (QED) is 0.474. The largest absolute Gasteiger partial charge is 0.497 e. The Morgan fingerprint density at radius 1 is 1.13 bits per heavy atom. The highest BCUT2D eigenvalue weighted by Crippen LogP contribution is 2.39. The van der Waals surface area contributed by atoms with Crippen molar-refractivity contribution < 1.29 is 27.8 Å². The van der Waals surface area contributed by atoms with Gasteiger partial charge in [-0.2, -0.15) is 28.2 Å². The number of nitrogens with zero attached hydrogens (tertiary/aromatic N) is 5. The Morgan fingerprint density at radius 2 is 1.85 bits per heavy atom. The zero-order chi connectivity index (χ0) is 27.9. The van der Waals surface area contributed by atoms with Crippen LogP contribution in [0.1, 0.15) is 17.5 Å². The summed E-state index contributed by atoms with van der Waals surface area (Å²) in [5.41, 5.74) is -0.330. The van der Waals surface area contributed by atoms with Gasteiger partial charge in [0.2, 0.25) is 0 Å². The summed E-state index contributed by atoms with van der Waals surface area (Å²) in [5.74, 6) is 0.880. The van der Waals surface area contributed by atoms with E-state index in [1.54, 1.807) is 28.0 Å². The number of halogens is 3. The van der Waals surface area contributed by atoms with Crippen molar-refractivity contribution in [3.05, 3.63) is 57.9 Å². The topological polar surface area (TPSA) is 104 Å². The van der Waals surface area contributed by atoms with Gasteiger partial charge in [0.1, 0.15) is 23.7 Å². The lowest BCUT2D eigenvalue weighted by molar-refractivity contribution is -0.137. The predicted octanol–water partition coefficient (Wildman–Crippen LogP) is 3.39. The van der Waals surface area contributed by atoms with E-state index < -0.39 is 29.1 Å². The Bertz CT molecular complexity index is 1490. The second-order valence-electron chi connectivity index (χ2n) is 9.41. The van der Waals surface area contributed by atoms with Crippen molar-refractivity contribution in [1.29, 1.82) is 5.26 Å². The number of aliphatic hydroxyl groups is 1. The molecule has 1 N–H and O–H groups in total. The van der Waals surface area contributed by atoms with Crippen molar-refractivity contribution in [2.45, 2.75) is 25.1 Å². The fraction of sp³-hybridized carbons (Fsp3) is 0.370. The molecule has 12 heteroatoms. The molecule has 0 spiro atoms. The Kier molecular flexibility index (Phi) is 6.86. The summed E-state index contributed by atoms with van der Waals surface area (Å²) in [6.45, 7) is 0.964. The van der Waals surface area contributed by atoms with Crippen LogP contribution in [0.25, 0.3) is 16.9 Å². The Labute approximate surface area is 222 Å². The lowest BCUT2D eigenvalue weighted by atomic mass is 10.0. The molecule has 0 unspecified atom stereocenters. The number of hydrogen-bond acceptors (Lipinski definition) is 8. The number of benzene rings is 2. The third kappa shape index (κ3) is 4.85. The van der Waals surface area contributed by atoms with Gasteiger partial charge in [-0.1, -0.05) is 0 Å². The molecule has 9 nitrogen and oxygen atoms in total. The second-order valence-corrected chi connectivity index (χ2v) is 9.41. The van der Waals surface area contributed by atoms with Crippen molar-refractivity contribution in [2.24, 2.45) is 0 Å². The van der Waals surface area contributed by atoms with Gasteiger partial charge in [-0.25, -0.2) is 0 Å². The fourth-order valence-corrected chi connectivity index (χ4v) is 5.16. The molecule has 204 valence electrons. The van der Waals surface area contributed by atoms with Gasteiger partial charge in [-0.3, -0.25) is 4.79 Å². The summed E-state index contributed by atoms with van der Waals surface area (Å²) in [4.78, 5) is 17.1. The van der Waals surface area contributed by atoms with Crippen LogP contribution in [0.15, 0.2) is 41.2 Å². The highest BCUT2D eigenvalue weighted by molar-refractivity contribution is 5.75. The first-order valence-electron chi connectivity index (χ1n) is 12.3. The summed E-state index contributed by atoms with van der Waals surface area (Å²) < 4.78 is 54.3. The minimum absolute atomic E-state index is 0.106. The Hall–Kier alpha value is -4.24. The predicted molar refractivity (Wildman–Crippen MR) is 138 cm³/mol. The number of rotatable bonds is 6. The van der Waals surface area contributed by atoms with Crippen LogP contribution in [-0.2, 0) is 12.6 Å². The first-order valence-corrected chi connectivity index (χ1v) is 12.3. The molecule has 0 aliphatic carbocycles. The summed E-state index contributed by atoms with van der Waals surface area (Å²) in [5, 5.41) is 23.8. The highest BCUT2D eigenvalue weighted by Gasteiger charge is 2.37. The number of aliphatic hydroxyl groups excluding tert-OH is 1. The van der Waals surface area contributed by atoms with Crippen molar-refractivity contribution in [2.75, 3.05) is 50.2 Å². The van der Waals surface area contributed by atoms with Gasteiger partial charge in [0, 0.05) is 42.5 Å². The lowest BCUT2D eigenvalue weighted by Gasteiger charge is -2.23. The van der Waals surface area contributed by atoms with Crippen LogP contribution < -0.4 is 24.8 Å². The lowest BCUT2D eigenvalue weighted by Crippen LogP contribution is -2.32. The number of methoxy groups -OCH3 is 2. The number of ether oxygens (including phenoxy) is 2. The van der Waals surface area contributed by atoms with E-state index in [1.165, 1.54) is 26.4 Å². The van der Waals surface area contributed by atoms with Crippen LogP contribution in [-0.4, -0.2) is 61.4 Å². The van der Waals surface area contributed by atoms with Gasteiger partial charge in [0.05, 0.1) is 43.3 Å². The highest BCUT2D eigenvalue weighted by atomic mass is 19.4. The van der Waals surface area contributed by atoms with Crippen LogP contribution in [0.2, 0.25) is 0 Å². The third-order valence-corrected chi connectivity index (χ3v) is 7.04. The van der Waals surface area contributed by atoms with E-state index in [4.69, 9.17) is 9.47 Å². The van der Waals surface area contributed by atoms with E-state index in [0.717, 1.165) is 10.7 Å². The van der Waals surface area contributed by atoms with E-state index in [1.807, 2.05) is 6.07 Å². The van der Waals surface area contributed by atoms with Crippen molar-refractivity contribution in [1.82, 2.24) is 9.78 Å². The summed E-state index contributed by atoms with van der Waals surface area (Å²) in [7, 11) is 2.95. The van der Waals surface area contributed by atoms with Crippen LogP contribution in [0.3, 0.4) is 0 Å². The SMILES string of the molecule is COc1cc(OC)cc(-c2nn(-c3cc(N4CC[C@H](O)C4)ccc3C(F)(F)F)c(=O)c3c2CCN3CC#N)c1. The zero-order valence-corrected chi connectivity index (χ0v) is 21.3. The summed E-state index contributed by atoms with van der Waals surface area (Å²) >= 11 is 0. The van der Waals surface area contributed by atoms with Gasteiger partial charge in [-0.05, 0) is 43.2 Å². The molecule has 0 radical (unpaired) electrons. The first kappa shape index (κ1) is 26.4. The Balaban J connectivity index is 1.80. The average Bonchev–Trinajstić information content (AvgIpc) is 3.55. The zero-order valence-electron chi connectivity index (χ0n) is 21.3. The molecule has 0 amide bonds. The van der Waals surface area contributed by atoms with Gasteiger partial charge in [-0.15, -0.1) is 0 Å². The number of fused-ring (bicyclic) bond motifs is 1. The van der Waals surface area contributed by atoms with Crippen LogP contribution in [0.5, 0.6) is 11.5 Å². The molecule has 1 saturated heterocycles. The van der Waals surface area contributed by atoms with E-state index >= 15 is 0 Å². The van der Waals surface area contributed by atoms with Gasteiger partial charge in [0.15, 0.2) is 0 Å². The number of anilines is 2. The average molecular weight is 542 g/mol.